The molecule has 0 aliphatic heterocycles. The molecule has 0 radical (unpaired) electrons. The molecule has 0 unspecified atom stereocenters. The van der Waals surface area contributed by atoms with Gasteiger partial charge in [0.15, 0.2) is 0 Å². The van der Waals surface area contributed by atoms with Crippen LogP contribution in [0.15, 0.2) is 0 Å². The maximum atomic E-state index is 5.07. The maximum absolute atomic E-state index is 5.07. The zero-order chi connectivity index (χ0) is 11.5. The Morgan fingerprint density at radius 3 is 2.47 bits per heavy atom. The largest absolute Gasteiger partial charge is 0.384 e. The molecule has 0 saturated carbocycles. The van der Waals surface area contributed by atoms with Crippen LogP contribution in [0.5, 0.6) is 0 Å². The maximum Gasteiger partial charge on any atom is 0.0954 e. The summed E-state index contributed by atoms with van der Waals surface area (Å²) in [5.41, 5.74) is 1.35. The Balaban J connectivity index is 2.90. The molecule has 0 aliphatic carbocycles. The Bertz CT molecular complexity index is 317. The standard InChI is InChI=1S/C11H18BrNOS/c1-11(2,3)10-8(7-12)15-9(13-10)5-6-14-4/h5-7H2,1-4H3. The van der Waals surface area contributed by atoms with E-state index in [2.05, 4.69) is 36.7 Å². The van der Waals surface area contributed by atoms with Crippen molar-refractivity contribution in [3.8, 4) is 0 Å². The van der Waals surface area contributed by atoms with Gasteiger partial charge in [-0.3, -0.25) is 0 Å². The molecule has 0 aliphatic rings. The van der Waals surface area contributed by atoms with Crippen LogP contribution in [0.1, 0.15) is 36.3 Å². The van der Waals surface area contributed by atoms with E-state index in [9.17, 15) is 0 Å². The van der Waals surface area contributed by atoms with Gasteiger partial charge in [0.25, 0.3) is 0 Å². The highest BCUT2D eigenvalue weighted by atomic mass is 79.9. The number of halogens is 1. The number of methoxy groups -OCH3 is 1. The lowest BCUT2D eigenvalue weighted by atomic mass is 9.91. The van der Waals surface area contributed by atoms with Crippen molar-refractivity contribution in [1.29, 1.82) is 0 Å². The first-order valence-corrected chi connectivity index (χ1v) is 6.96. The van der Waals surface area contributed by atoms with Crippen LogP contribution in [-0.2, 0) is 21.9 Å². The number of alkyl halides is 1. The SMILES string of the molecule is COCCc1nc(C(C)(C)C)c(CBr)s1. The normalized spacial score (nSPS) is 12.1. The van der Waals surface area contributed by atoms with E-state index in [1.165, 1.54) is 15.6 Å². The zero-order valence-corrected chi connectivity index (χ0v) is 12.2. The predicted octanol–water partition coefficient (Wildman–Crippen LogP) is 3.52. The Hall–Kier alpha value is 0.0700. The first-order chi connectivity index (χ1) is 6.99. The Morgan fingerprint density at radius 1 is 1.40 bits per heavy atom. The third-order valence-corrected chi connectivity index (χ3v) is 4.14. The number of thiazole rings is 1. The molecule has 0 N–H and O–H groups in total. The van der Waals surface area contributed by atoms with Gasteiger partial charge in [-0.05, 0) is 0 Å². The van der Waals surface area contributed by atoms with Crippen LogP contribution in [0.2, 0.25) is 0 Å². The molecule has 4 heteroatoms. The van der Waals surface area contributed by atoms with Crippen molar-refractivity contribution >= 4 is 27.3 Å². The smallest absolute Gasteiger partial charge is 0.0954 e. The highest BCUT2D eigenvalue weighted by molar-refractivity contribution is 9.08. The molecule has 1 heterocycles. The minimum absolute atomic E-state index is 0.130. The van der Waals surface area contributed by atoms with Crippen LogP contribution in [-0.4, -0.2) is 18.7 Å². The van der Waals surface area contributed by atoms with Crippen molar-refractivity contribution in [3.05, 3.63) is 15.6 Å². The second-order valence-electron chi connectivity index (χ2n) is 4.51. The second kappa shape index (κ2) is 5.41. The van der Waals surface area contributed by atoms with Crippen molar-refractivity contribution < 1.29 is 4.74 Å². The molecule has 0 spiro atoms. The molecular weight excluding hydrogens is 274 g/mol. The monoisotopic (exact) mass is 291 g/mol. The minimum Gasteiger partial charge on any atom is -0.384 e. The number of hydrogen-bond donors (Lipinski definition) is 0. The summed E-state index contributed by atoms with van der Waals surface area (Å²) in [6.45, 7) is 7.36. The van der Waals surface area contributed by atoms with Crippen LogP contribution in [0, 0.1) is 0 Å². The lowest BCUT2D eigenvalue weighted by Crippen LogP contribution is -2.13. The Morgan fingerprint density at radius 2 is 2.07 bits per heavy atom. The summed E-state index contributed by atoms with van der Waals surface area (Å²) in [6.07, 6.45) is 0.914. The van der Waals surface area contributed by atoms with Gasteiger partial charge in [0.2, 0.25) is 0 Å². The van der Waals surface area contributed by atoms with Crippen LogP contribution in [0.25, 0.3) is 0 Å². The predicted molar refractivity (Wildman–Crippen MR) is 69.0 cm³/mol. The van der Waals surface area contributed by atoms with E-state index < -0.39 is 0 Å². The van der Waals surface area contributed by atoms with Crippen molar-refractivity contribution in [2.75, 3.05) is 13.7 Å². The van der Waals surface area contributed by atoms with E-state index in [1.54, 1.807) is 18.4 Å². The van der Waals surface area contributed by atoms with E-state index in [0.717, 1.165) is 18.4 Å². The van der Waals surface area contributed by atoms with Crippen molar-refractivity contribution in [2.24, 2.45) is 0 Å². The molecule has 0 aromatic carbocycles. The molecule has 1 aromatic heterocycles. The Labute approximate surface area is 104 Å². The average molecular weight is 292 g/mol. The summed E-state index contributed by atoms with van der Waals surface area (Å²) in [4.78, 5) is 6.04. The fraction of sp³-hybridized carbons (Fsp3) is 0.727. The van der Waals surface area contributed by atoms with Gasteiger partial charge in [-0.15, -0.1) is 11.3 Å². The van der Waals surface area contributed by atoms with Gasteiger partial charge >= 0.3 is 0 Å². The zero-order valence-electron chi connectivity index (χ0n) is 9.76. The number of rotatable bonds is 4. The van der Waals surface area contributed by atoms with Gasteiger partial charge in [0, 0.05) is 29.2 Å². The molecule has 1 rings (SSSR count). The van der Waals surface area contributed by atoms with Gasteiger partial charge in [-0.25, -0.2) is 4.98 Å². The topological polar surface area (TPSA) is 22.1 Å². The fourth-order valence-electron chi connectivity index (χ4n) is 1.37. The highest BCUT2D eigenvalue weighted by Crippen LogP contribution is 2.31. The molecular formula is C11H18BrNOS. The quantitative estimate of drug-likeness (QED) is 0.792. The number of hydrogen-bond acceptors (Lipinski definition) is 3. The van der Waals surface area contributed by atoms with Crippen molar-refractivity contribution in [3.63, 3.8) is 0 Å². The minimum atomic E-state index is 0.130. The molecule has 15 heavy (non-hydrogen) atoms. The average Bonchev–Trinajstić information content (AvgIpc) is 2.57. The molecule has 0 bridgehead atoms. The molecule has 2 nitrogen and oxygen atoms in total. The molecule has 0 fully saturated rings. The summed E-state index contributed by atoms with van der Waals surface area (Å²) in [6, 6.07) is 0. The summed E-state index contributed by atoms with van der Waals surface area (Å²) < 4.78 is 5.07. The molecule has 0 atom stereocenters. The third-order valence-electron chi connectivity index (χ3n) is 2.09. The lowest BCUT2D eigenvalue weighted by molar-refractivity contribution is 0.202. The number of nitrogens with zero attached hydrogens (tertiary/aromatic N) is 1. The van der Waals surface area contributed by atoms with Crippen LogP contribution >= 0.6 is 27.3 Å². The van der Waals surface area contributed by atoms with Gasteiger partial charge in [0.05, 0.1) is 17.3 Å². The molecule has 0 saturated heterocycles. The van der Waals surface area contributed by atoms with Gasteiger partial charge in [0.1, 0.15) is 0 Å². The Kier molecular flexibility index (Phi) is 4.74. The highest BCUT2D eigenvalue weighted by Gasteiger charge is 2.22. The van der Waals surface area contributed by atoms with Crippen LogP contribution < -0.4 is 0 Å². The van der Waals surface area contributed by atoms with E-state index in [1.807, 2.05) is 0 Å². The fourth-order valence-corrected chi connectivity index (χ4v) is 3.09. The summed E-state index contributed by atoms with van der Waals surface area (Å²) in [5, 5.41) is 2.07. The van der Waals surface area contributed by atoms with Gasteiger partial charge < -0.3 is 4.74 Å². The summed E-state index contributed by atoms with van der Waals surface area (Å²) in [7, 11) is 1.73. The molecule has 86 valence electrons. The molecule has 0 amide bonds. The van der Waals surface area contributed by atoms with Gasteiger partial charge in [-0.2, -0.15) is 0 Å². The summed E-state index contributed by atoms with van der Waals surface area (Å²) in [5.74, 6) is 0. The van der Waals surface area contributed by atoms with Crippen molar-refractivity contribution in [1.82, 2.24) is 4.98 Å². The van der Waals surface area contributed by atoms with Crippen LogP contribution in [0.3, 0.4) is 0 Å². The second-order valence-corrected chi connectivity index (χ2v) is 6.23. The lowest BCUT2D eigenvalue weighted by Gasteiger charge is -2.16. The third kappa shape index (κ3) is 3.54. The van der Waals surface area contributed by atoms with Gasteiger partial charge in [-0.1, -0.05) is 36.7 Å². The summed E-state index contributed by atoms with van der Waals surface area (Å²) >= 11 is 5.31. The first kappa shape index (κ1) is 13.1. The van der Waals surface area contributed by atoms with E-state index in [-0.39, 0.29) is 5.41 Å². The van der Waals surface area contributed by atoms with E-state index in [0.29, 0.717) is 0 Å². The number of aromatic nitrogens is 1. The van der Waals surface area contributed by atoms with E-state index >= 15 is 0 Å². The number of ether oxygens (including phenoxy) is 1. The van der Waals surface area contributed by atoms with Crippen LogP contribution in [0.4, 0.5) is 0 Å². The first-order valence-electron chi connectivity index (χ1n) is 5.03. The van der Waals surface area contributed by atoms with Crippen molar-refractivity contribution in [2.45, 2.75) is 37.9 Å². The van der Waals surface area contributed by atoms with E-state index in [4.69, 9.17) is 9.72 Å². The molecule has 1 aromatic rings.